The van der Waals surface area contributed by atoms with Crippen LogP contribution >= 0.6 is 0 Å². The highest BCUT2D eigenvalue weighted by atomic mass is 19.1. The van der Waals surface area contributed by atoms with E-state index < -0.39 is 5.82 Å². The number of hydrogen-bond acceptors (Lipinski definition) is 4. The topological polar surface area (TPSA) is 70.6 Å². The lowest BCUT2D eigenvalue weighted by Gasteiger charge is -2.13. The van der Waals surface area contributed by atoms with Crippen molar-refractivity contribution in [3.8, 4) is 5.75 Å². The summed E-state index contributed by atoms with van der Waals surface area (Å²) in [5.74, 6) is -0.445. The number of fused-ring (bicyclic) bond motifs is 1. The van der Waals surface area contributed by atoms with E-state index in [0.717, 1.165) is 16.5 Å². The van der Waals surface area contributed by atoms with Gasteiger partial charge in [-0.05, 0) is 23.6 Å². The molecule has 134 valence electrons. The highest BCUT2D eigenvalue weighted by molar-refractivity contribution is 6.03. The molecule has 6 heteroatoms. The number of amides is 1. The van der Waals surface area contributed by atoms with Gasteiger partial charge in [0, 0.05) is 17.1 Å². The highest BCUT2D eigenvalue weighted by Gasteiger charge is 2.09. The smallest absolute Gasteiger partial charge is 0.243 e. The SMILES string of the molecule is O=C(CNc1ccc(F)cc1OCCO)Nc1cccc2ccccc12. The predicted molar refractivity (Wildman–Crippen MR) is 100 cm³/mol. The summed E-state index contributed by atoms with van der Waals surface area (Å²) in [6.07, 6.45) is 0. The molecule has 26 heavy (non-hydrogen) atoms. The number of rotatable bonds is 7. The average molecular weight is 354 g/mol. The number of benzene rings is 3. The second-order valence-electron chi connectivity index (χ2n) is 5.64. The van der Waals surface area contributed by atoms with Gasteiger partial charge >= 0.3 is 0 Å². The van der Waals surface area contributed by atoms with Crippen molar-refractivity contribution in [1.29, 1.82) is 0 Å². The maximum Gasteiger partial charge on any atom is 0.243 e. The molecule has 0 aliphatic heterocycles. The van der Waals surface area contributed by atoms with Gasteiger partial charge in [0.05, 0.1) is 18.8 Å². The first-order valence-corrected chi connectivity index (χ1v) is 8.22. The van der Waals surface area contributed by atoms with Gasteiger partial charge in [-0.3, -0.25) is 4.79 Å². The summed E-state index contributed by atoms with van der Waals surface area (Å²) in [7, 11) is 0. The summed E-state index contributed by atoms with van der Waals surface area (Å²) in [4.78, 5) is 12.3. The first-order chi connectivity index (χ1) is 12.7. The van der Waals surface area contributed by atoms with Crippen LogP contribution in [-0.4, -0.2) is 30.8 Å². The van der Waals surface area contributed by atoms with Crippen LogP contribution in [0.2, 0.25) is 0 Å². The Morgan fingerprint density at radius 1 is 1.04 bits per heavy atom. The van der Waals surface area contributed by atoms with Crippen LogP contribution in [0.25, 0.3) is 10.8 Å². The summed E-state index contributed by atoms with van der Waals surface area (Å²) in [6.45, 7) is -0.151. The van der Waals surface area contributed by atoms with Crippen molar-refractivity contribution in [3.63, 3.8) is 0 Å². The number of ether oxygens (including phenoxy) is 1. The molecular formula is C20H19FN2O3. The third kappa shape index (κ3) is 4.29. The second-order valence-corrected chi connectivity index (χ2v) is 5.64. The van der Waals surface area contributed by atoms with E-state index in [1.165, 1.54) is 18.2 Å². The van der Waals surface area contributed by atoms with Gasteiger partial charge in [-0.1, -0.05) is 36.4 Å². The number of carbonyl (C=O) groups is 1. The van der Waals surface area contributed by atoms with E-state index in [2.05, 4.69) is 10.6 Å². The van der Waals surface area contributed by atoms with Crippen LogP contribution in [0.4, 0.5) is 15.8 Å². The van der Waals surface area contributed by atoms with Crippen molar-refractivity contribution in [2.45, 2.75) is 0 Å². The van der Waals surface area contributed by atoms with Crippen molar-refractivity contribution in [2.75, 3.05) is 30.4 Å². The summed E-state index contributed by atoms with van der Waals surface area (Å²) in [5, 5.41) is 16.7. The Kier molecular flexibility index (Phi) is 5.66. The molecule has 0 saturated carbocycles. The maximum atomic E-state index is 13.4. The van der Waals surface area contributed by atoms with E-state index in [1.807, 2.05) is 42.5 Å². The van der Waals surface area contributed by atoms with Gasteiger partial charge in [-0.2, -0.15) is 0 Å². The minimum atomic E-state index is -0.455. The highest BCUT2D eigenvalue weighted by Crippen LogP contribution is 2.26. The number of halogens is 1. The molecule has 0 radical (unpaired) electrons. The number of carbonyl (C=O) groups excluding carboxylic acids is 1. The van der Waals surface area contributed by atoms with Gasteiger partial charge in [0.2, 0.25) is 5.91 Å². The molecular weight excluding hydrogens is 335 g/mol. The number of aliphatic hydroxyl groups is 1. The van der Waals surface area contributed by atoms with Crippen molar-refractivity contribution in [3.05, 3.63) is 66.5 Å². The fraction of sp³-hybridized carbons (Fsp3) is 0.150. The van der Waals surface area contributed by atoms with Crippen molar-refractivity contribution >= 4 is 28.1 Å². The normalized spacial score (nSPS) is 10.5. The zero-order valence-electron chi connectivity index (χ0n) is 14.0. The summed E-state index contributed by atoms with van der Waals surface area (Å²) in [6, 6.07) is 17.5. The van der Waals surface area contributed by atoms with Crippen molar-refractivity contribution in [2.24, 2.45) is 0 Å². The van der Waals surface area contributed by atoms with E-state index in [0.29, 0.717) is 5.69 Å². The standard InChI is InChI=1S/C20H19FN2O3/c21-15-8-9-18(19(12-15)26-11-10-24)22-13-20(25)23-17-7-3-5-14-4-1-2-6-16(14)17/h1-9,12,22,24H,10-11,13H2,(H,23,25). The largest absolute Gasteiger partial charge is 0.489 e. The molecule has 0 bridgehead atoms. The predicted octanol–water partition coefficient (Wildman–Crippen LogP) is 3.40. The third-order valence-electron chi connectivity index (χ3n) is 3.80. The molecule has 3 aromatic carbocycles. The lowest BCUT2D eigenvalue weighted by molar-refractivity contribution is -0.114. The molecule has 0 heterocycles. The van der Waals surface area contributed by atoms with E-state index in [9.17, 15) is 9.18 Å². The Labute approximate surface area is 150 Å². The molecule has 0 aromatic heterocycles. The first kappa shape index (κ1) is 17.7. The average Bonchev–Trinajstić information content (AvgIpc) is 2.66. The van der Waals surface area contributed by atoms with Crippen LogP contribution in [0.1, 0.15) is 0 Å². The van der Waals surface area contributed by atoms with Crippen LogP contribution in [0.15, 0.2) is 60.7 Å². The van der Waals surface area contributed by atoms with Crippen LogP contribution in [0.5, 0.6) is 5.75 Å². The molecule has 0 saturated heterocycles. The molecule has 1 amide bonds. The minimum Gasteiger partial charge on any atom is -0.489 e. The fourth-order valence-electron chi connectivity index (χ4n) is 2.62. The van der Waals surface area contributed by atoms with E-state index in [-0.39, 0.29) is 31.4 Å². The molecule has 3 aromatic rings. The number of anilines is 2. The molecule has 0 aliphatic rings. The van der Waals surface area contributed by atoms with E-state index in [4.69, 9.17) is 9.84 Å². The van der Waals surface area contributed by atoms with Gasteiger partial charge in [0.1, 0.15) is 18.2 Å². The number of aliphatic hydroxyl groups excluding tert-OH is 1. The molecule has 0 aliphatic carbocycles. The monoisotopic (exact) mass is 354 g/mol. The van der Waals surface area contributed by atoms with Gasteiger partial charge in [-0.15, -0.1) is 0 Å². The Balaban J connectivity index is 1.67. The van der Waals surface area contributed by atoms with Crippen LogP contribution < -0.4 is 15.4 Å². The molecule has 5 nitrogen and oxygen atoms in total. The fourth-order valence-corrected chi connectivity index (χ4v) is 2.62. The minimum absolute atomic E-state index is 0.00958. The van der Waals surface area contributed by atoms with Gasteiger partial charge in [0.25, 0.3) is 0 Å². The first-order valence-electron chi connectivity index (χ1n) is 8.22. The Morgan fingerprint density at radius 3 is 2.69 bits per heavy atom. The summed E-state index contributed by atoms with van der Waals surface area (Å²) < 4.78 is 18.7. The van der Waals surface area contributed by atoms with Gasteiger partial charge < -0.3 is 20.5 Å². The molecule has 0 spiro atoms. The van der Waals surface area contributed by atoms with Crippen LogP contribution in [-0.2, 0) is 4.79 Å². The van der Waals surface area contributed by atoms with Crippen LogP contribution in [0, 0.1) is 5.82 Å². The second kappa shape index (κ2) is 8.31. The van der Waals surface area contributed by atoms with Crippen LogP contribution in [0.3, 0.4) is 0 Å². The van der Waals surface area contributed by atoms with Gasteiger partial charge in [-0.25, -0.2) is 4.39 Å². The Morgan fingerprint density at radius 2 is 1.85 bits per heavy atom. The third-order valence-corrected chi connectivity index (χ3v) is 3.80. The lowest BCUT2D eigenvalue weighted by Crippen LogP contribution is -2.22. The molecule has 3 N–H and O–H groups in total. The van der Waals surface area contributed by atoms with Crippen molar-refractivity contribution in [1.82, 2.24) is 0 Å². The van der Waals surface area contributed by atoms with Gasteiger partial charge in [0.15, 0.2) is 0 Å². The summed E-state index contributed by atoms with van der Waals surface area (Å²) in [5.41, 5.74) is 1.21. The Hall–Kier alpha value is -3.12. The number of hydrogen-bond donors (Lipinski definition) is 3. The molecule has 0 atom stereocenters. The van der Waals surface area contributed by atoms with E-state index >= 15 is 0 Å². The summed E-state index contributed by atoms with van der Waals surface area (Å²) >= 11 is 0. The Bertz CT molecular complexity index is 909. The maximum absolute atomic E-state index is 13.4. The van der Waals surface area contributed by atoms with E-state index in [1.54, 1.807) is 0 Å². The zero-order valence-corrected chi connectivity index (χ0v) is 14.0. The lowest BCUT2D eigenvalue weighted by atomic mass is 10.1. The quantitative estimate of drug-likeness (QED) is 0.608. The number of nitrogens with one attached hydrogen (secondary N) is 2. The van der Waals surface area contributed by atoms with Crippen molar-refractivity contribution < 1.29 is 19.0 Å². The zero-order chi connectivity index (χ0) is 18.4. The molecule has 0 unspecified atom stereocenters. The molecule has 0 fully saturated rings. The molecule has 3 rings (SSSR count).